The fourth-order valence-corrected chi connectivity index (χ4v) is 3.58. The Morgan fingerprint density at radius 2 is 2.04 bits per heavy atom. The van der Waals surface area contributed by atoms with Crippen molar-refractivity contribution in [2.45, 2.75) is 19.3 Å². The SMILES string of the molecule is COC(=O)C1=C(O)CCN(CC2Cc3ccc(OC)cc3C2)C1.Cl. The lowest BCUT2D eigenvalue weighted by Gasteiger charge is -2.29. The molecule has 0 amide bonds. The highest BCUT2D eigenvalue weighted by molar-refractivity contribution is 5.89. The Hall–Kier alpha value is -1.72. The van der Waals surface area contributed by atoms with Crippen molar-refractivity contribution in [2.75, 3.05) is 33.9 Å². The minimum Gasteiger partial charge on any atom is -0.512 e. The highest BCUT2D eigenvalue weighted by Crippen LogP contribution is 2.31. The number of fused-ring (bicyclic) bond motifs is 1. The molecule has 1 N–H and O–H groups in total. The number of esters is 1. The molecule has 1 aromatic carbocycles. The molecule has 3 rings (SSSR count). The Balaban J connectivity index is 0.00000208. The van der Waals surface area contributed by atoms with Gasteiger partial charge in [0.1, 0.15) is 11.5 Å². The molecule has 0 bridgehead atoms. The molecular formula is C18H24ClNO4. The molecule has 0 fully saturated rings. The van der Waals surface area contributed by atoms with E-state index in [1.54, 1.807) is 7.11 Å². The first kappa shape index (κ1) is 18.6. The third kappa shape index (κ3) is 3.84. The van der Waals surface area contributed by atoms with E-state index >= 15 is 0 Å². The van der Waals surface area contributed by atoms with E-state index in [1.165, 1.54) is 18.2 Å². The van der Waals surface area contributed by atoms with Gasteiger partial charge >= 0.3 is 5.97 Å². The number of carbonyl (C=O) groups is 1. The normalized spacial score (nSPS) is 20.3. The minimum absolute atomic E-state index is 0. The molecule has 1 aliphatic carbocycles. The molecule has 1 heterocycles. The summed E-state index contributed by atoms with van der Waals surface area (Å²) in [5, 5.41) is 9.89. The summed E-state index contributed by atoms with van der Waals surface area (Å²) in [5.41, 5.74) is 3.15. The smallest absolute Gasteiger partial charge is 0.338 e. The minimum atomic E-state index is -0.424. The van der Waals surface area contributed by atoms with Crippen molar-refractivity contribution in [3.8, 4) is 5.75 Å². The van der Waals surface area contributed by atoms with Crippen LogP contribution in [0.1, 0.15) is 17.5 Å². The third-order valence-electron chi connectivity index (χ3n) is 4.77. The summed E-state index contributed by atoms with van der Waals surface area (Å²) < 4.78 is 10.1. The number of aliphatic hydroxyl groups is 1. The summed E-state index contributed by atoms with van der Waals surface area (Å²) in [6.45, 7) is 2.17. The van der Waals surface area contributed by atoms with Gasteiger partial charge < -0.3 is 14.6 Å². The van der Waals surface area contributed by atoms with Gasteiger partial charge in [-0.15, -0.1) is 12.4 Å². The molecule has 132 valence electrons. The van der Waals surface area contributed by atoms with Gasteiger partial charge in [0.15, 0.2) is 0 Å². The maximum Gasteiger partial charge on any atom is 0.338 e. The maximum absolute atomic E-state index is 11.7. The van der Waals surface area contributed by atoms with Crippen LogP contribution in [0.4, 0.5) is 0 Å². The Labute approximate surface area is 148 Å². The Kier molecular flexibility index (Phi) is 6.13. The van der Waals surface area contributed by atoms with Crippen LogP contribution < -0.4 is 4.74 Å². The summed E-state index contributed by atoms with van der Waals surface area (Å²) in [5.74, 6) is 1.19. The highest BCUT2D eigenvalue weighted by Gasteiger charge is 2.28. The van der Waals surface area contributed by atoms with Gasteiger partial charge in [0, 0.05) is 26.1 Å². The van der Waals surface area contributed by atoms with Crippen LogP contribution in [0.3, 0.4) is 0 Å². The van der Waals surface area contributed by atoms with Crippen LogP contribution in [0.25, 0.3) is 0 Å². The number of carbonyl (C=O) groups excluding carboxylic acids is 1. The van der Waals surface area contributed by atoms with Crippen molar-refractivity contribution in [1.29, 1.82) is 0 Å². The van der Waals surface area contributed by atoms with E-state index in [0.29, 0.717) is 24.5 Å². The first-order valence-electron chi connectivity index (χ1n) is 7.98. The van der Waals surface area contributed by atoms with Gasteiger partial charge in [0.25, 0.3) is 0 Å². The Morgan fingerprint density at radius 1 is 1.29 bits per heavy atom. The van der Waals surface area contributed by atoms with Gasteiger partial charge in [0.2, 0.25) is 0 Å². The summed E-state index contributed by atoms with van der Waals surface area (Å²) in [7, 11) is 3.04. The lowest BCUT2D eigenvalue weighted by atomic mass is 10.0. The zero-order valence-corrected chi connectivity index (χ0v) is 14.9. The maximum atomic E-state index is 11.7. The van der Waals surface area contributed by atoms with Gasteiger partial charge in [-0.3, -0.25) is 4.90 Å². The zero-order valence-electron chi connectivity index (χ0n) is 14.1. The van der Waals surface area contributed by atoms with Crippen molar-refractivity contribution in [3.05, 3.63) is 40.7 Å². The summed E-state index contributed by atoms with van der Waals surface area (Å²) in [6.07, 6.45) is 2.60. The van der Waals surface area contributed by atoms with Crippen molar-refractivity contribution >= 4 is 18.4 Å². The molecule has 0 radical (unpaired) electrons. The van der Waals surface area contributed by atoms with Crippen LogP contribution >= 0.6 is 12.4 Å². The number of ether oxygens (including phenoxy) is 2. The zero-order chi connectivity index (χ0) is 16.4. The fraction of sp³-hybridized carbons (Fsp3) is 0.500. The molecule has 0 saturated heterocycles. The van der Waals surface area contributed by atoms with E-state index in [0.717, 1.165) is 31.7 Å². The number of nitrogens with zero attached hydrogens (tertiary/aromatic N) is 1. The number of hydrogen-bond donors (Lipinski definition) is 1. The number of benzene rings is 1. The molecule has 1 aliphatic heterocycles. The van der Waals surface area contributed by atoms with E-state index in [-0.39, 0.29) is 18.2 Å². The largest absolute Gasteiger partial charge is 0.512 e. The second kappa shape index (κ2) is 7.90. The monoisotopic (exact) mass is 353 g/mol. The number of methoxy groups -OCH3 is 2. The van der Waals surface area contributed by atoms with Crippen LogP contribution in [0.15, 0.2) is 29.5 Å². The average Bonchev–Trinajstić information content (AvgIpc) is 2.97. The molecular weight excluding hydrogens is 330 g/mol. The predicted molar refractivity (Wildman–Crippen MR) is 93.9 cm³/mol. The lowest BCUT2D eigenvalue weighted by molar-refractivity contribution is -0.136. The lowest BCUT2D eigenvalue weighted by Crippen LogP contribution is -2.38. The summed E-state index contributed by atoms with van der Waals surface area (Å²) in [4.78, 5) is 14.0. The molecule has 1 aromatic rings. The van der Waals surface area contributed by atoms with Crippen LogP contribution in [-0.2, 0) is 22.4 Å². The molecule has 0 spiro atoms. The van der Waals surface area contributed by atoms with Gasteiger partial charge in [-0.05, 0) is 42.0 Å². The standard InChI is InChI=1S/C18H23NO4.ClH/c1-22-15-4-3-13-7-12(8-14(13)9-15)10-19-6-5-17(20)16(11-19)18(21)23-2;/h3-4,9,12,20H,5-8,10-11H2,1-2H3;1H. The molecule has 5 nitrogen and oxygen atoms in total. The first-order chi connectivity index (χ1) is 11.1. The quantitative estimate of drug-likeness (QED) is 0.843. The Bertz CT molecular complexity index is 644. The topological polar surface area (TPSA) is 59.0 Å². The second-order valence-electron chi connectivity index (χ2n) is 6.31. The van der Waals surface area contributed by atoms with Crippen LogP contribution in [-0.4, -0.2) is 49.8 Å². The summed E-state index contributed by atoms with van der Waals surface area (Å²) in [6, 6.07) is 6.28. The molecule has 2 aliphatic rings. The third-order valence-corrected chi connectivity index (χ3v) is 4.77. The second-order valence-corrected chi connectivity index (χ2v) is 6.31. The van der Waals surface area contributed by atoms with Crippen molar-refractivity contribution < 1.29 is 19.4 Å². The average molecular weight is 354 g/mol. The van der Waals surface area contributed by atoms with E-state index in [2.05, 4.69) is 17.0 Å². The van der Waals surface area contributed by atoms with Crippen molar-refractivity contribution in [2.24, 2.45) is 5.92 Å². The number of hydrogen-bond acceptors (Lipinski definition) is 5. The van der Waals surface area contributed by atoms with Crippen molar-refractivity contribution in [1.82, 2.24) is 4.90 Å². The van der Waals surface area contributed by atoms with E-state index in [1.807, 2.05) is 6.07 Å². The molecule has 1 atom stereocenters. The fourth-order valence-electron chi connectivity index (χ4n) is 3.58. The highest BCUT2D eigenvalue weighted by atomic mass is 35.5. The van der Waals surface area contributed by atoms with Gasteiger partial charge in [-0.1, -0.05) is 6.07 Å². The van der Waals surface area contributed by atoms with Crippen molar-refractivity contribution in [3.63, 3.8) is 0 Å². The van der Waals surface area contributed by atoms with E-state index < -0.39 is 5.97 Å². The molecule has 24 heavy (non-hydrogen) atoms. The van der Waals surface area contributed by atoms with Crippen LogP contribution in [0.2, 0.25) is 0 Å². The van der Waals surface area contributed by atoms with Gasteiger partial charge in [0.05, 0.1) is 19.8 Å². The first-order valence-corrected chi connectivity index (χ1v) is 7.98. The summed E-state index contributed by atoms with van der Waals surface area (Å²) >= 11 is 0. The Morgan fingerprint density at radius 3 is 2.75 bits per heavy atom. The van der Waals surface area contributed by atoms with Gasteiger partial charge in [-0.2, -0.15) is 0 Å². The predicted octanol–water partition coefficient (Wildman–Crippen LogP) is 2.52. The molecule has 0 aromatic heterocycles. The molecule has 6 heteroatoms. The van der Waals surface area contributed by atoms with E-state index in [4.69, 9.17) is 9.47 Å². The molecule has 0 saturated carbocycles. The van der Waals surface area contributed by atoms with Crippen LogP contribution in [0, 0.1) is 5.92 Å². The molecule has 1 unspecified atom stereocenters. The number of rotatable bonds is 4. The van der Waals surface area contributed by atoms with Gasteiger partial charge in [-0.25, -0.2) is 4.79 Å². The van der Waals surface area contributed by atoms with Crippen LogP contribution in [0.5, 0.6) is 5.75 Å². The van der Waals surface area contributed by atoms with E-state index in [9.17, 15) is 9.90 Å². The number of aliphatic hydroxyl groups excluding tert-OH is 1. The number of halogens is 1.